The average molecular weight is 520 g/mol. The quantitative estimate of drug-likeness (QED) is 0.423. The van der Waals surface area contributed by atoms with Gasteiger partial charge in [0.25, 0.3) is 5.56 Å². The van der Waals surface area contributed by atoms with Crippen molar-refractivity contribution in [3.8, 4) is 34.8 Å². The Bertz CT molecular complexity index is 1470. The maximum Gasteiger partial charge on any atom is 0.258 e. The summed E-state index contributed by atoms with van der Waals surface area (Å²) in [4.78, 5) is 33.4. The molecule has 2 aromatic carbocycles. The van der Waals surface area contributed by atoms with Crippen LogP contribution in [0.4, 0.5) is 11.8 Å². The average Bonchev–Trinajstić information content (AvgIpc) is 2.94. The van der Waals surface area contributed by atoms with Gasteiger partial charge in [-0.1, -0.05) is 6.07 Å². The number of benzene rings is 2. The standard InChI is InChI=1S/C26H25N5O7/c1-34-18-9-14(10-19(35-2)22(18)36-3)20-15(11-27)24(32)29-23-21(20)25(33)31-26(30-23)28-12-13-4-5-16-17(8-13)38-7-6-37-16/h4-5,8-10,15,20H,6-7,12H2,1-3H3,(H3,28,29,30,31,32,33). The smallest absolute Gasteiger partial charge is 0.258 e. The van der Waals surface area contributed by atoms with Gasteiger partial charge in [-0.05, 0) is 35.4 Å². The summed E-state index contributed by atoms with van der Waals surface area (Å²) in [5, 5.41) is 15.5. The van der Waals surface area contributed by atoms with E-state index in [0.29, 0.717) is 54.1 Å². The fourth-order valence-corrected chi connectivity index (χ4v) is 4.62. The van der Waals surface area contributed by atoms with Gasteiger partial charge in [-0.15, -0.1) is 0 Å². The van der Waals surface area contributed by atoms with Crippen LogP contribution in [0.2, 0.25) is 0 Å². The largest absolute Gasteiger partial charge is 0.493 e. The molecule has 12 heteroatoms. The van der Waals surface area contributed by atoms with Crippen LogP contribution >= 0.6 is 0 Å². The number of methoxy groups -OCH3 is 3. The van der Waals surface area contributed by atoms with Crippen molar-refractivity contribution in [3.63, 3.8) is 0 Å². The minimum absolute atomic E-state index is 0.0636. The zero-order valence-electron chi connectivity index (χ0n) is 20.9. The van der Waals surface area contributed by atoms with Crippen LogP contribution in [0, 0.1) is 17.2 Å². The number of anilines is 2. The summed E-state index contributed by atoms with van der Waals surface area (Å²) in [5.41, 5.74) is 0.985. The van der Waals surface area contributed by atoms with Crippen molar-refractivity contribution in [1.82, 2.24) is 9.97 Å². The lowest BCUT2D eigenvalue weighted by Crippen LogP contribution is -2.38. The number of amides is 1. The van der Waals surface area contributed by atoms with Crippen molar-refractivity contribution in [1.29, 1.82) is 5.26 Å². The highest BCUT2D eigenvalue weighted by Crippen LogP contribution is 2.45. The van der Waals surface area contributed by atoms with Crippen LogP contribution in [0.25, 0.3) is 0 Å². The number of rotatable bonds is 7. The number of carbonyl (C=O) groups excluding carboxylic acids is 1. The van der Waals surface area contributed by atoms with E-state index in [1.165, 1.54) is 21.3 Å². The molecule has 0 radical (unpaired) electrons. The molecular weight excluding hydrogens is 494 g/mol. The number of nitriles is 1. The molecule has 3 N–H and O–H groups in total. The molecule has 0 saturated carbocycles. The van der Waals surface area contributed by atoms with E-state index in [4.69, 9.17) is 23.7 Å². The number of hydrogen-bond acceptors (Lipinski definition) is 10. The molecule has 0 bridgehead atoms. The highest BCUT2D eigenvalue weighted by molar-refractivity contribution is 5.98. The van der Waals surface area contributed by atoms with Gasteiger partial charge in [-0.3, -0.25) is 14.6 Å². The Labute approximate surface area is 217 Å². The first-order chi connectivity index (χ1) is 18.5. The van der Waals surface area contributed by atoms with Crippen molar-refractivity contribution in [2.75, 3.05) is 45.2 Å². The summed E-state index contributed by atoms with van der Waals surface area (Å²) in [6.07, 6.45) is 0. The summed E-state index contributed by atoms with van der Waals surface area (Å²) < 4.78 is 27.4. The first-order valence-corrected chi connectivity index (χ1v) is 11.7. The van der Waals surface area contributed by atoms with E-state index in [-0.39, 0.29) is 17.3 Å². The predicted molar refractivity (Wildman–Crippen MR) is 135 cm³/mol. The molecule has 5 rings (SSSR count). The first kappa shape index (κ1) is 24.8. The predicted octanol–water partition coefficient (Wildman–Crippen LogP) is 2.40. The molecule has 0 saturated heterocycles. The molecule has 12 nitrogen and oxygen atoms in total. The summed E-state index contributed by atoms with van der Waals surface area (Å²) >= 11 is 0. The molecule has 1 aromatic heterocycles. The fourth-order valence-electron chi connectivity index (χ4n) is 4.62. The summed E-state index contributed by atoms with van der Waals surface area (Å²) in [6.45, 7) is 1.30. The summed E-state index contributed by atoms with van der Waals surface area (Å²) in [5.74, 6) is -0.158. The van der Waals surface area contributed by atoms with Crippen molar-refractivity contribution in [2.24, 2.45) is 5.92 Å². The minimum Gasteiger partial charge on any atom is -0.493 e. The number of ether oxygens (including phenoxy) is 5. The normalized spacial score (nSPS) is 17.5. The maximum absolute atomic E-state index is 13.4. The number of carbonyl (C=O) groups is 1. The van der Waals surface area contributed by atoms with Crippen molar-refractivity contribution < 1.29 is 28.5 Å². The van der Waals surface area contributed by atoms with E-state index in [0.717, 1.165) is 5.56 Å². The summed E-state index contributed by atoms with van der Waals surface area (Å²) in [6, 6.07) is 10.8. The molecule has 196 valence electrons. The van der Waals surface area contributed by atoms with Gasteiger partial charge in [0.05, 0.1) is 33.0 Å². The second kappa shape index (κ2) is 10.2. The number of fused-ring (bicyclic) bond motifs is 2. The highest BCUT2D eigenvalue weighted by Gasteiger charge is 2.41. The van der Waals surface area contributed by atoms with E-state index in [2.05, 4.69) is 20.6 Å². The molecular formula is C26H25N5O7. The molecule has 2 unspecified atom stereocenters. The van der Waals surface area contributed by atoms with Crippen LogP contribution in [0.1, 0.15) is 22.6 Å². The van der Waals surface area contributed by atoms with Crippen molar-refractivity contribution >= 4 is 17.7 Å². The van der Waals surface area contributed by atoms with Gasteiger partial charge < -0.3 is 34.3 Å². The fraction of sp³-hybridized carbons (Fsp3) is 0.308. The number of aromatic amines is 1. The molecule has 1 amide bonds. The number of H-pyrrole nitrogens is 1. The molecule has 2 aliphatic heterocycles. The Morgan fingerprint density at radius 2 is 1.76 bits per heavy atom. The first-order valence-electron chi connectivity index (χ1n) is 11.7. The zero-order valence-corrected chi connectivity index (χ0v) is 20.9. The molecule has 2 atom stereocenters. The minimum atomic E-state index is -1.19. The Morgan fingerprint density at radius 3 is 2.42 bits per heavy atom. The lowest BCUT2D eigenvalue weighted by Gasteiger charge is -2.29. The third kappa shape index (κ3) is 4.39. The lowest BCUT2D eigenvalue weighted by molar-refractivity contribution is -0.119. The second-order valence-electron chi connectivity index (χ2n) is 8.54. The SMILES string of the molecule is COc1cc(C2c3c(nc(NCc4ccc5c(c4)OCCO5)[nH]c3=O)NC(=O)C2C#N)cc(OC)c1OC. The molecule has 0 fully saturated rings. The Balaban J connectivity index is 1.51. The second-order valence-corrected chi connectivity index (χ2v) is 8.54. The topological polar surface area (TPSA) is 157 Å². The number of nitrogens with one attached hydrogen (secondary N) is 3. The Morgan fingerprint density at radius 1 is 1.05 bits per heavy atom. The van der Waals surface area contributed by atoms with Crippen LogP contribution in [0.5, 0.6) is 28.7 Å². The van der Waals surface area contributed by atoms with Crippen LogP contribution in [-0.4, -0.2) is 50.4 Å². The third-order valence-electron chi connectivity index (χ3n) is 6.38. The Kier molecular flexibility index (Phi) is 6.66. The molecule has 3 aromatic rings. The monoisotopic (exact) mass is 519 g/mol. The van der Waals surface area contributed by atoms with E-state index >= 15 is 0 Å². The van der Waals surface area contributed by atoms with E-state index in [9.17, 15) is 14.9 Å². The van der Waals surface area contributed by atoms with Crippen molar-refractivity contribution in [2.45, 2.75) is 12.5 Å². The molecule has 0 aliphatic carbocycles. The Hall–Kier alpha value is -4.92. The number of nitrogens with zero attached hydrogens (tertiary/aromatic N) is 2. The molecule has 38 heavy (non-hydrogen) atoms. The highest BCUT2D eigenvalue weighted by atomic mass is 16.6. The molecule has 3 heterocycles. The number of aromatic nitrogens is 2. The van der Waals surface area contributed by atoms with E-state index in [1.54, 1.807) is 12.1 Å². The van der Waals surface area contributed by atoms with Gasteiger partial charge in [-0.2, -0.15) is 10.2 Å². The van der Waals surface area contributed by atoms with Gasteiger partial charge in [0.2, 0.25) is 17.6 Å². The third-order valence-corrected chi connectivity index (χ3v) is 6.38. The zero-order chi connectivity index (χ0) is 26.8. The van der Waals surface area contributed by atoms with Crippen molar-refractivity contribution in [3.05, 3.63) is 57.4 Å². The van der Waals surface area contributed by atoms with Crippen LogP contribution < -0.4 is 39.9 Å². The van der Waals surface area contributed by atoms with Gasteiger partial charge in [0.15, 0.2) is 23.0 Å². The van der Waals surface area contributed by atoms with Gasteiger partial charge in [0.1, 0.15) is 24.9 Å². The summed E-state index contributed by atoms with van der Waals surface area (Å²) in [7, 11) is 4.38. The lowest BCUT2D eigenvalue weighted by atomic mass is 9.79. The van der Waals surface area contributed by atoms with Gasteiger partial charge in [-0.25, -0.2) is 0 Å². The van der Waals surface area contributed by atoms with Gasteiger partial charge in [0, 0.05) is 12.5 Å². The molecule has 0 spiro atoms. The van der Waals surface area contributed by atoms with Crippen LogP contribution in [-0.2, 0) is 11.3 Å². The van der Waals surface area contributed by atoms with E-state index in [1.807, 2.05) is 24.3 Å². The maximum atomic E-state index is 13.4. The van der Waals surface area contributed by atoms with E-state index < -0.39 is 23.3 Å². The van der Waals surface area contributed by atoms with Crippen LogP contribution in [0.15, 0.2) is 35.1 Å². The van der Waals surface area contributed by atoms with Gasteiger partial charge >= 0.3 is 0 Å². The number of hydrogen-bond donors (Lipinski definition) is 3. The van der Waals surface area contributed by atoms with Crippen LogP contribution in [0.3, 0.4) is 0 Å². The molecule has 2 aliphatic rings.